The van der Waals surface area contributed by atoms with Crippen molar-refractivity contribution in [3.63, 3.8) is 0 Å². The van der Waals surface area contributed by atoms with Crippen LogP contribution in [0.4, 0.5) is 0 Å². The molecule has 21 heavy (non-hydrogen) atoms. The maximum atomic E-state index is 12.3. The Kier molecular flexibility index (Phi) is 5.20. The molecule has 1 aliphatic carbocycles. The molecule has 6 nitrogen and oxygen atoms in total. The standard InChI is InChI=1S/C15H26N4O2/c1-18(2)8-12-7-13(20)9-19(12)10-14(21)17-15(11-16)5-3-4-6-15/h12-13,20H,3-10H2,1-2H3,(H,17,21). The Morgan fingerprint density at radius 1 is 1.48 bits per heavy atom. The van der Waals surface area contributed by atoms with Crippen LogP contribution in [0.3, 0.4) is 0 Å². The second-order valence-corrected chi connectivity index (χ2v) is 6.68. The molecule has 0 aromatic carbocycles. The van der Waals surface area contributed by atoms with Crippen LogP contribution >= 0.6 is 0 Å². The predicted octanol–water partition coefficient (Wildman–Crippen LogP) is -0.0642. The van der Waals surface area contributed by atoms with E-state index in [4.69, 9.17) is 0 Å². The van der Waals surface area contributed by atoms with Gasteiger partial charge in [-0.25, -0.2) is 0 Å². The first kappa shape index (κ1) is 16.2. The first-order chi connectivity index (χ1) is 9.94. The first-order valence-corrected chi connectivity index (χ1v) is 7.73. The number of carbonyl (C=O) groups is 1. The van der Waals surface area contributed by atoms with Crippen LogP contribution in [0.5, 0.6) is 0 Å². The van der Waals surface area contributed by atoms with E-state index in [1.165, 1.54) is 0 Å². The number of likely N-dealkylation sites (N-methyl/N-ethyl adjacent to an activating group) is 1. The lowest BCUT2D eigenvalue weighted by Gasteiger charge is -2.28. The number of likely N-dealkylation sites (tertiary alicyclic amines) is 1. The van der Waals surface area contributed by atoms with Gasteiger partial charge in [0.15, 0.2) is 0 Å². The van der Waals surface area contributed by atoms with Gasteiger partial charge in [0.1, 0.15) is 5.54 Å². The third-order valence-corrected chi connectivity index (χ3v) is 4.48. The Hall–Kier alpha value is -1.16. The smallest absolute Gasteiger partial charge is 0.235 e. The molecule has 2 aliphatic rings. The quantitative estimate of drug-likeness (QED) is 0.742. The zero-order valence-corrected chi connectivity index (χ0v) is 13.0. The predicted molar refractivity (Wildman–Crippen MR) is 79.5 cm³/mol. The van der Waals surface area contributed by atoms with Crippen LogP contribution in [0, 0.1) is 11.3 Å². The highest BCUT2D eigenvalue weighted by atomic mass is 16.3. The number of rotatable bonds is 5. The van der Waals surface area contributed by atoms with Crippen molar-refractivity contribution in [2.75, 3.05) is 33.7 Å². The molecule has 2 fully saturated rings. The summed E-state index contributed by atoms with van der Waals surface area (Å²) in [6.07, 6.45) is 3.84. The van der Waals surface area contributed by atoms with E-state index >= 15 is 0 Å². The molecule has 1 saturated heterocycles. The molecular weight excluding hydrogens is 268 g/mol. The summed E-state index contributed by atoms with van der Waals surface area (Å²) in [7, 11) is 3.98. The molecule has 1 heterocycles. The first-order valence-electron chi connectivity index (χ1n) is 7.73. The third-order valence-electron chi connectivity index (χ3n) is 4.48. The highest BCUT2D eigenvalue weighted by molar-refractivity contribution is 5.79. The summed E-state index contributed by atoms with van der Waals surface area (Å²) < 4.78 is 0. The van der Waals surface area contributed by atoms with Crippen molar-refractivity contribution >= 4 is 5.91 Å². The number of nitriles is 1. The number of hydrogen-bond acceptors (Lipinski definition) is 5. The van der Waals surface area contributed by atoms with Crippen molar-refractivity contribution in [3.05, 3.63) is 0 Å². The fraction of sp³-hybridized carbons (Fsp3) is 0.867. The molecule has 2 N–H and O–H groups in total. The number of hydrogen-bond donors (Lipinski definition) is 2. The molecule has 1 aliphatic heterocycles. The summed E-state index contributed by atoms with van der Waals surface area (Å²) in [6.45, 7) is 1.62. The maximum Gasteiger partial charge on any atom is 0.235 e. The minimum Gasteiger partial charge on any atom is -0.392 e. The summed E-state index contributed by atoms with van der Waals surface area (Å²) in [4.78, 5) is 16.4. The molecular formula is C15H26N4O2. The Labute approximate surface area is 126 Å². The fourth-order valence-electron chi connectivity index (χ4n) is 3.50. The van der Waals surface area contributed by atoms with E-state index in [1.807, 2.05) is 19.0 Å². The van der Waals surface area contributed by atoms with E-state index in [1.54, 1.807) is 0 Å². The molecule has 0 aromatic rings. The van der Waals surface area contributed by atoms with Crippen molar-refractivity contribution in [2.45, 2.75) is 49.8 Å². The van der Waals surface area contributed by atoms with Crippen molar-refractivity contribution in [2.24, 2.45) is 0 Å². The lowest BCUT2D eigenvalue weighted by Crippen LogP contribution is -2.50. The molecule has 6 heteroatoms. The van der Waals surface area contributed by atoms with Gasteiger partial charge in [-0.2, -0.15) is 5.26 Å². The maximum absolute atomic E-state index is 12.3. The molecule has 2 rings (SSSR count). The van der Waals surface area contributed by atoms with Gasteiger partial charge in [-0.1, -0.05) is 0 Å². The number of β-amino-alcohol motifs (C(OH)–C–C–N with tert-alkyl or cyclic N) is 1. The Bertz CT molecular complexity index is 412. The van der Waals surface area contributed by atoms with E-state index in [-0.39, 0.29) is 24.6 Å². The molecule has 0 bridgehead atoms. The highest BCUT2D eigenvalue weighted by Crippen LogP contribution is 2.29. The average Bonchev–Trinajstić information content (AvgIpc) is 2.97. The molecule has 1 saturated carbocycles. The molecule has 0 aromatic heterocycles. The highest BCUT2D eigenvalue weighted by Gasteiger charge is 2.37. The average molecular weight is 294 g/mol. The van der Waals surface area contributed by atoms with E-state index in [2.05, 4.69) is 16.3 Å². The van der Waals surface area contributed by atoms with Crippen LogP contribution in [-0.4, -0.2) is 72.2 Å². The van der Waals surface area contributed by atoms with Gasteiger partial charge in [0.25, 0.3) is 0 Å². The van der Waals surface area contributed by atoms with Gasteiger partial charge in [-0.3, -0.25) is 9.69 Å². The SMILES string of the molecule is CN(C)CC1CC(O)CN1CC(=O)NC1(C#N)CCCC1. The van der Waals surface area contributed by atoms with Gasteiger partial charge in [0.05, 0.1) is 18.7 Å². The summed E-state index contributed by atoms with van der Waals surface area (Å²) in [5.41, 5.74) is -0.660. The molecule has 0 radical (unpaired) electrons. The number of nitrogens with zero attached hydrogens (tertiary/aromatic N) is 3. The lowest BCUT2D eigenvalue weighted by molar-refractivity contribution is -0.123. The largest absolute Gasteiger partial charge is 0.392 e. The minimum atomic E-state index is -0.660. The zero-order valence-electron chi connectivity index (χ0n) is 13.0. The number of nitrogens with one attached hydrogen (secondary N) is 1. The molecule has 2 atom stereocenters. The normalized spacial score (nSPS) is 28.7. The van der Waals surface area contributed by atoms with Gasteiger partial charge < -0.3 is 15.3 Å². The van der Waals surface area contributed by atoms with Gasteiger partial charge in [-0.15, -0.1) is 0 Å². The van der Waals surface area contributed by atoms with Gasteiger partial charge in [0.2, 0.25) is 5.91 Å². The van der Waals surface area contributed by atoms with E-state index in [0.29, 0.717) is 13.0 Å². The Morgan fingerprint density at radius 2 is 2.14 bits per heavy atom. The Balaban J connectivity index is 1.90. The van der Waals surface area contributed by atoms with Gasteiger partial charge in [0, 0.05) is 19.1 Å². The monoisotopic (exact) mass is 294 g/mol. The third kappa shape index (κ3) is 4.16. The van der Waals surface area contributed by atoms with Crippen LogP contribution in [0.1, 0.15) is 32.1 Å². The summed E-state index contributed by atoms with van der Waals surface area (Å²) in [5, 5.41) is 22.1. The second kappa shape index (κ2) is 6.73. The number of amides is 1. The lowest BCUT2D eigenvalue weighted by atomic mass is 10.00. The fourth-order valence-corrected chi connectivity index (χ4v) is 3.50. The van der Waals surface area contributed by atoms with E-state index in [9.17, 15) is 15.2 Å². The van der Waals surface area contributed by atoms with Crippen LogP contribution in [0.2, 0.25) is 0 Å². The molecule has 2 unspecified atom stereocenters. The summed E-state index contributed by atoms with van der Waals surface area (Å²) in [6, 6.07) is 2.47. The van der Waals surface area contributed by atoms with E-state index in [0.717, 1.165) is 32.2 Å². The molecule has 1 amide bonds. The van der Waals surface area contributed by atoms with Crippen molar-refractivity contribution < 1.29 is 9.90 Å². The zero-order chi connectivity index (χ0) is 15.5. The molecule has 118 valence electrons. The van der Waals surface area contributed by atoms with E-state index < -0.39 is 5.54 Å². The summed E-state index contributed by atoms with van der Waals surface area (Å²) in [5.74, 6) is -0.101. The van der Waals surface area contributed by atoms with Crippen LogP contribution in [0.15, 0.2) is 0 Å². The van der Waals surface area contributed by atoms with Crippen molar-refractivity contribution in [3.8, 4) is 6.07 Å². The topological polar surface area (TPSA) is 79.6 Å². The molecule has 0 spiro atoms. The van der Waals surface area contributed by atoms with Crippen molar-refractivity contribution in [1.29, 1.82) is 5.26 Å². The minimum absolute atomic E-state index is 0.101. The van der Waals surface area contributed by atoms with Crippen LogP contribution in [0.25, 0.3) is 0 Å². The summed E-state index contributed by atoms with van der Waals surface area (Å²) >= 11 is 0. The van der Waals surface area contributed by atoms with Gasteiger partial charge in [-0.05, 0) is 46.2 Å². The second-order valence-electron chi connectivity index (χ2n) is 6.68. The number of aliphatic hydroxyl groups is 1. The Morgan fingerprint density at radius 3 is 2.71 bits per heavy atom. The van der Waals surface area contributed by atoms with Crippen LogP contribution < -0.4 is 5.32 Å². The van der Waals surface area contributed by atoms with Gasteiger partial charge >= 0.3 is 0 Å². The van der Waals surface area contributed by atoms with Crippen molar-refractivity contribution in [1.82, 2.24) is 15.1 Å². The number of carbonyl (C=O) groups excluding carboxylic acids is 1. The number of aliphatic hydroxyl groups excluding tert-OH is 1. The van der Waals surface area contributed by atoms with Crippen LogP contribution in [-0.2, 0) is 4.79 Å².